The molecule has 1 amide bonds. The average molecular weight is 147 g/mol. The van der Waals surface area contributed by atoms with Crippen LogP contribution in [0.4, 0.5) is 0 Å². The van der Waals surface area contributed by atoms with E-state index in [0.29, 0.717) is 13.0 Å². The molecule has 0 saturated carbocycles. The number of aliphatic hydroxyl groups is 2. The van der Waals surface area contributed by atoms with E-state index < -0.39 is 6.10 Å². The van der Waals surface area contributed by atoms with Crippen molar-refractivity contribution in [2.75, 3.05) is 13.2 Å². The van der Waals surface area contributed by atoms with Crippen LogP contribution in [-0.2, 0) is 4.79 Å². The fraction of sp³-hybridized carbons (Fsp3) is 0.833. The molecule has 0 aliphatic carbocycles. The van der Waals surface area contributed by atoms with Gasteiger partial charge in [-0.1, -0.05) is 0 Å². The molecule has 0 saturated heterocycles. The Morgan fingerprint density at radius 1 is 1.70 bits per heavy atom. The van der Waals surface area contributed by atoms with E-state index in [-0.39, 0.29) is 12.5 Å². The molecule has 3 N–H and O–H groups in total. The van der Waals surface area contributed by atoms with Crippen molar-refractivity contribution in [3.63, 3.8) is 0 Å². The van der Waals surface area contributed by atoms with Gasteiger partial charge in [-0.2, -0.15) is 0 Å². The predicted octanol–water partition coefficient (Wildman–Crippen LogP) is -1.28. The van der Waals surface area contributed by atoms with Gasteiger partial charge in [0.15, 0.2) is 0 Å². The van der Waals surface area contributed by atoms with Gasteiger partial charge in [0.25, 0.3) is 0 Å². The largest absolute Gasteiger partial charge is 0.396 e. The van der Waals surface area contributed by atoms with Crippen LogP contribution >= 0.6 is 0 Å². The van der Waals surface area contributed by atoms with E-state index >= 15 is 0 Å². The third kappa shape index (κ3) is 3.42. The van der Waals surface area contributed by atoms with E-state index in [1.807, 2.05) is 0 Å². The van der Waals surface area contributed by atoms with Crippen molar-refractivity contribution in [3.05, 3.63) is 0 Å². The molecular formula is C6H13NO3. The summed E-state index contributed by atoms with van der Waals surface area (Å²) in [6.45, 7) is 1.78. The fourth-order valence-electron chi connectivity index (χ4n) is 0.587. The minimum Gasteiger partial charge on any atom is -0.396 e. The van der Waals surface area contributed by atoms with Gasteiger partial charge in [-0.15, -0.1) is 0 Å². The number of carbonyl (C=O) groups excluding carboxylic acids is 1. The number of carbonyl (C=O) groups is 1. The van der Waals surface area contributed by atoms with Crippen molar-refractivity contribution in [1.29, 1.82) is 0 Å². The molecule has 4 heteroatoms. The first kappa shape index (κ1) is 9.39. The summed E-state index contributed by atoms with van der Waals surface area (Å²) in [6.07, 6.45) is -0.0390. The van der Waals surface area contributed by atoms with Crippen LogP contribution in [0.3, 0.4) is 0 Å². The highest BCUT2D eigenvalue weighted by molar-refractivity contribution is 5.45. The molecule has 0 rings (SSSR count). The zero-order valence-electron chi connectivity index (χ0n) is 5.95. The molecule has 0 unspecified atom stereocenters. The summed E-state index contributed by atoms with van der Waals surface area (Å²) in [4.78, 5) is 9.77. The van der Waals surface area contributed by atoms with E-state index in [9.17, 15) is 4.79 Å². The molecule has 0 spiro atoms. The molecule has 0 heterocycles. The smallest absolute Gasteiger partial charge is 0.207 e. The second-order valence-corrected chi connectivity index (χ2v) is 2.21. The van der Waals surface area contributed by atoms with Gasteiger partial charge in [0.2, 0.25) is 6.41 Å². The Kier molecular flexibility index (Phi) is 4.88. The van der Waals surface area contributed by atoms with Crippen molar-refractivity contribution < 1.29 is 15.0 Å². The van der Waals surface area contributed by atoms with Gasteiger partial charge in [-0.25, -0.2) is 0 Å². The number of rotatable bonds is 5. The van der Waals surface area contributed by atoms with Gasteiger partial charge in [0.1, 0.15) is 0 Å². The van der Waals surface area contributed by atoms with Gasteiger partial charge >= 0.3 is 0 Å². The second kappa shape index (κ2) is 5.20. The van der Waals surface area contributed by atoms with Crippen molar-refractivity contribution >= 4 is 6.41 Å². The maximum absolute atomic E-state index is 9.77. The lowest BCUT2D eigenvalue weighted by atomic mass is 10.1. The van der Waals surface area contributed by atoms with E-state index in [2.05, 4.69) is 5.32 Å². The summed E-state index contributed by atoms with van der Waals surface area (Å²) < 4.78 is 0. The van der Waals surface area contributed by atoms with Crippen LogP contribution in [0.5, 0.6) is 0 Å². The Morgan fingerprint density at radius 3 is 2.60 bits per heavy atom. The van der Waals surface area contributed by atoms with Crippen LogP contribution in [0.15, 0.2) is 0 Å². The topological polar surface area (TPSA) is 69.6 Å². The first-order valence-electron chi connectivity index (χ1n) is 3.18. The molecule has 0 aromatic rings. The van der Waals surface area contributed by atoms with E-state index in [1.165, 1.54) is 0 Å². The highest BCUT2D eigenvalue weighted by Gasteiger charge is 2.12. The Balaban J connectivity index is 3.49. The SMILES string of the molecule is C[C@@H](O)[C@@H](CO)CNC=O. The highest BCUT2D eigenvalue weighted by atomic mass is 16.3. The van der Waals surface area contributed by atoms with Crippen LogP contribution in [0, 0.1) is 5.92 Å². The summed E-state index contributed by atoms with van der Waals surface area (Å²) in [5, 5.41) is 19.9. The van der Waals surface area contributed by atoms with Gasteiger partial charge in [0.05, 0.1) is 12.7 Å². The molecule has 0 bridgehead atoms. The molecule has 4 nitrogen and oxygen atoms in total. The predicted molar refractivity (Wildman–Crippen MR) is 36.3 cm³/mol. The van der Waals surface area contributed by atoms with E-state index in [0.717, 1.165) is 0 Å². The number of nitrogens with one attached hydrogen (secondary N) is 1. The highest BCUT2D eigenvalue weighted by Crippen LogP contribution is 1.99. The standard InChI is InChI=1S/C6H13NO3/c1-5(10)6(3-8)2-7-4-9/h4-6,8,10H,2-3H2,1H3,(H,7,9)/t5-,6-/m1/s1. The Morgan fingerprint density at radius 2 is 2.30 bits per heavy atom. The third-order valence-electron chi connectivity index (χ3n) is 1.38. The van der Waals surface area contributed by atoms with Crippen molar-refractivity contribution in [2.24, 2.45) is 5.92 Å². The summed E-state index contributed by atoms with van der Waals surface area (Å²) in [5.41, 5.74) is 0. The Labute approximate surface area is 59.9 Å². The summed E-state index contributed by atoms with van der Waals surface area (Å²) in [7, 11) is 0. The van der Waals surface area contributed by atoms with Gasteiger partial charge < -0.3 is 15.5 Å². The van der Waals surface area contributed by atoms with E-state index in [4.69, 9.17) is 10.2 Å². The molecule has 0 aliphatic heterocycles. The van der Waals surface area contributed by atoms with Gasteiger partial charge in [-0.3, -0.25) is 4.79 Å². The summed E-state index contributed by atoms with van der Waals surface area (Å²) in [5.74, 6) is -0.259. The van der Waals surface area contributed by atoms with E-state index in [1.54, 1.807) is 6.92 Å². The maximum Gasteiger partial charge on any atom is 0.207 e. The number of aliphatic hydroxyl groups excluding tert-OH is 2. The molecule has 0 radical (unpaired) electrons. The molecule has 0 aliphatic rings. The minimum absolute atomic E-state index is 0.113. The summed E-state index contributed by atoms with van der Waals surface area (Å²) >= 11 is 0. The minimum atomic E-state index is -0.586. The van der Waals surface area contributed by atoms with Crippen LogP contribution in [0.25, 0.3) is 0 Å². The molecule has 10 heavy (non-hydrogen) atoms. The quantitative estimate of drug-likeness (QED) is 0.424. The lowest BCUT2D eigenvalue weighted by Crippen LogP contribution is -2.31. The molecular weight excluding hydrogens is 134 g/mol. The second-order valence-electron chi connectivity index (χ2n) is 2.21. The zero-order valence-corrected chi connectivity index (χ0v) is 5.95. The lowest BCUT2D eigenvalue weighted by Gasteiger charge is -2.15. The van der Waals surface area contributed by atoms with Crippen molar-refractivity contribution in [1.82, 2.24) is 5.32 Å². The number of hydrogen-bond donors (Lipinski definition) is 3. The normalized spacial score (nSPS) is 15.9. The molecule has 0 fully saturated rings. The van der Waals surface area contributed by atoms with Crippen LogP contribution < -0.4 is 5.32 Å². The van der Waals surface area contributed by atoms with Gasteiger partial charge in [0, 0.05) is 12.5 Å². The summed E-state index contributed by atoms with van der Waals surface area (Å²) in [6, 6.07) is 0. The lowest BCUT2D eigenvalue weighted by molar-refractivity contribution is -0.109. The monoisotopic (exact) mass is 147 g/mol. The molecule has 2 atom stereocenters. The van der Waals surface area contributed by atoms with Crippen LogP contribution in [-0.4, -0.2) is 35.9 Å². The van der Waals surface area contributed by atoms with Crippen molar-refractivity contribution in [3.8, 4) is 0 Å². The van der Waals surface area contributed by atoms with Crippen LogP contribution in [0.1, 0.15) is 6.92 Å². The molecule has 0 aromatic heterocycles. The average Bonchev–Trinajstić information content (AvgIpc) is 1.89. The molecule has 60 valence electrons. The Hall–Kier alpha value is -0.610. The number of hydrogen-bond acceptors (Lipinski definition) is 3. The van der Waals surface area contributed by atoms with Crippen molar-refractivity contribution in [2.45, 2.75) is 13.0 Å². The number of amides is 1. The third-order valence-corrected chi connectivity index (χ3v) is 1.38. The maximum atomic E-state index is 9.77. The van der Waals surface area contributed by atoms with Gasteiger partial charge in [-0.05, 0) is 6.92 Å². The zero-order chi connectivity index (χ0) is 7.98. The van der Waals surface area contributed by atoms with Crippen LogP contribution in [0.2, 0.25) is 0 Å². The first-order chi connectivity index (χ1) is 4.72. The Bertz CT molecular complexity index is 95.0. The fourth-order valence-corrected chi connectivity index (χ4v) is 0.587. The first-order valence-corrected chi connectivity index (χ1v) is 3.18. The molecule has 0 aromatic carbocycles.